The molecule has 2 aliphatic heterocycles. The van der Waals surface area contributed by atoms with Gasteiger partial charge in [-0.15, -0.1) is 0 Å². The van der Waals surface area contributed by atoms with E-state index in [9.17, 15) is 0 Å². The Labute approximate surface area is 163 Å². The molecule has 2 fully saturated rings. The lowest BCUT2D eigenvalue weighted by Crippen LogP contribution is -2.47. The van der Waals surface area contributed by atoms with Crippen molar-refractivity contribution in [1.29, 1.82) is 0 Å². The lowest BCUT2D eigenvalue weighted by molar-refractivity contribution is 0.176. The van der Waals surface area contributed by atoms with E-state index in [1.807, 2.05) is 5.01 Å². The van der Waals surface area contributed by atoms with Crippen LogP contribution in [-0.4, -0.2) is 50.6 Å². The smallest absolute Gasteiger partial charge is 0.0843 e. The van der Waals surface area contributed by atoms with E-state index in [2.05, 4.69) is 35.8 Å². The highest BCUT2D eigenvalue weighted by molar-refractivity contribution is 5.72. The van der Waals surface area contributed by atoms with Gasteiger partial charge in [0, 0.05) is 56.8 Å². The predicted octanol–water partition coefficient (Wildman–Crippen LogP) is 2.05. The van der Waals surface area contributed by atoms with Gasteiger partial charge in [0.2, 0.25) is 0 Å². The fraction of sp³-hybridized carbons (Fsp3) is 0.714. The zero-order valence-corrected chi connectivity index (χ0v) is 17.0. The summed E-state index contributed by atoms with van der Waals surface area (Å²) in [6, 6.07) is 5.46. The number of nitrogens with two attached hydrogens (primary N) is 2. The molecule has 1 aromatic rings. The largest absolute Gasteiger partial charge is 0.385 e. The summed E-state index contributed by atoms with van der Waals surface area (Å²) in [4.78, 5) is 5.08. The van der Waals surface area contributed by atoms with Crippen LogP contribution in [-0.2, 0) is 11.3 Å². The Bertz CT molecular complexity index is 677. The Morgan fingerprint density at radius 3 is 2.74 bits per heavy atom. The number of ether oxygens (including phenoxy) is 1. The number of hydrogen-bond donors (Lipinski definition) is 2. The average Bonchev–Trinajstić information content (AvgIpc) is 3.41. The molecule has 1 saturated carbocycles. The molecule has 4 N–H and O–H groups in total. The third-order valence-corrected chi connectivity index (χ3v) is 6.68. The predicted molar refractivity (Wildman–Crippen MR) is 111 cm³/mol. The van der Waals surface area contributed by atoms with Crippen LogP contribution in [0.3, 0.4) is 0 Å². The maximum absolute atomic E-state index is 6.50. The topological polar surface area (TPSA) is 71.0 Å². The van der Waals surface area contributed by atoms with Crippen molar-refractivity contribution in [3.8, 4) is 0 Å². The van der Waals surface area contributed by atoms with Crippen molar-refractivity contribution in [1.82, 2.24) is 5.01 Å². The molecule has 3 aliphatic rings. The van der Waals surface area contributed by atoms with Gasteiger partial charge in [-0.2, -0.15) is 0 Å². The quantitative estimate of drug-likeness (QED) is 0.744. The summed E-state index contributed by atoms with van der Waals surface area (Å²) in [6.45, 7) is 9.17. The molecule has 3 atom stereocenters. The summed E-state index contributed by atoms with van der Waals surface area (Å²) < 4.78 is 5.24. The van der Waals surface area contributed by atoms with E-state index in [1.54, 1.807) is 7.11 Å². The van der Waals surface area contributed by atoms with Crippen molar-refractivity contribution in [2.45, 2.75) is 51.7 Å². The summed E-state index contributed by atoms with van der Waals surface area (Å²) >= 11 is 0. The van der Waals surface area contributed by atoms with Gasteiger partial charge >= 0.3 is 0 Å². The molecule has 4 rings (SSSR count). The van der Waals surface area contributed by atoms with Crippen LogP contribution in [0, 0.1) is 18.8 Å². The Balaban J connectivity index is 1.57. The molecule has 0 spiro atoms. The molecule has 0 amide bonds. The van der Waals surface area contributed by atoms with Crippen molar-refractivity contribution >= 4 is 11.4 Å². The van der Waals surface area contributed by atoms with Crippen molar-refractivity contribution in [3.63, 3.8) is 0 Å². The molecule has 0 bridgehead atoms. The summed E-state index contributed by atoms with van der Waals surface area (Å²) in [5, 5.41) is 1.93. The molecule has 0 unspecified atom stereocenters. The van der Waals surface area contributed by atoms with E-state index in [-0.39, 0.29) is 6.04 Å². The van der Waals surface area contributed by atoms with Gasteiger partial charge in [0.1, 0.15) is 0 Å². The van der Waals surface area contributed by atoms with E-state index in [4.69, 9.17) is 16.3 Å². The van der Waals surface area contributed by atoms with Crippen LogP contribution >= 0.6 is 0 Å². The molecule has 1 aliphatic carbocycles. The van der Waals surface area contributed by atoms with E-state index >= 15 is 0 Å². The van der Waals surface area contributed by atoms with Gasteiger partial charge in [-0.25, -0.2) is 5.01 Å². The van der Waals surface area contributed by atoms with Gasteiger partial charge in [0.25, 0.3) is 0 Å². The monoisotopic (exact) mass is 373 g/mol. The SMILES string of the molecule is COCC[C@H](N)[C@H]1CN(c2ccc3c(c2C)N(C2CC2)CN(N)C3)C[C@H]1C. The highest BCUT2D eigenvalue weighted by Crippen LogP contribution is 2.43. The molecule has 2 heterocycles. The summed E-state index contributed by atoms with van der Waals surface area (Å²) in [7, 11) is 1.75. The average molecular weight is 374 g/mol. The Kier molecular flexibility index (Phi) is 5.34. The van der Waals surface area contributed by atoms with E-state index < -0.39 is 0 Å². The molecular weight excluding hydrogens is 338 g/mol. The second-order valence-electron chi connectivity index (χ2n) is 8.80. The van der Waals surface area contributed by atoms with E-state index in [0.29, 0.717) is 17.9 Å². The highest BCUT2D eigenvalue weighted by Gasteiger charge is 2.37. The molecule has 6 heteroatoms. The third kappa shape index (κ3) is 3.68. The molecule has 0 radical (unpaired) electrons. The number of rotatable bonds is 6. The number of fused-ring (bicyclic) bond motifs is 1. The van der Waals surface area contributed by atoms with Crippen LogP contribution in [0.2, 0.25) is 0 Å². The Morgan fingerprint density at radius 2 is 2.04 bits per heavy atom. The van der Waals surface area contributed by atoms with Crippen LogP contribution in [0.4, 0.5) is 11.4 Å². The van der Waals surface area contributed by atoms with Crippen LogP contribution in [0.1, 0.15) is 37.3 Å². The number of methoxy groups -OCH3 is 1. The number of anilines is 2. The molecule has 1 saturated heterocycles. The summed E-state index contributed by atoms with van der Waals surface area (Å²) in [5.74, 6) is 7.31. The summed E-state index contributed by atoms with van der Waals surface area (Å²) in [6.07, 6.45) is 3.51. The van der Waals surface area contributed by atoms with Crippen molar-refractivity contribution in [3.05, 3.63) is 23.3 Å². The lowest BCUT2D eigenvalue weighted by Gasteiger charge is -2.39. The van der Waals surface area contributed by atoms with Gasteiger partial charge in [-0.3, -0.25) is 5.84 Å². The lowest BCUT2D eigenvalue weighted by atomic mass is 9.89. The minimum atomic E-state index is 0.205. The van der Waals surface area contributed by atoms with Crippen LogP contribution < -0.4 is 21.4 Å². The van der Waals surface area contributed by atoms with Crippen LogP contribution in [0.5, 0.6) is 0 Å². The van der Waals surface area contributed by atoms with Gasteiger partial charge in [-0.05, 0) is 55.2 Å². The van der Waals surface area contributed by atoms with Gasteiger partial charge < -0.3 is 20.3 Å². The van der Waals surface area contributed by atoms with Crippen LogP contribution in [0.15, 0.2) is 12.1 Å². The van der Waals surface area contributed by atoms with Crippen LogP contribution in [0.25, 0.3) is 0 Å². The highest BCUT2D eigenvalue weighted by atomic mass is 16.5. The summed E-state index contributed by atoms with van der Waals surface area (Å²) in [5.41, 5.74) is 12.1. The first-order chi connectivity index (χ1) is 13.0. The minimum absolute atomic E-state index is 0.205. The number of hydrogen-bond acceptors (Lipinski definition) is 6. The third-order valence-electron chi connectivity index (χ3n) is 6.68. The second-order valence-corrected chi connectivity index (χ2v) is 8.80. The molecule has 27 heavy (non-hydrogen) atoms. The molecule has 150 valence electrons. The number of nitrogens with zero attached hydrogens (tertiary/aromatic N) is 3. The number of hydrazine groups is 1. The molecule has 1 aromatic carbocycles. The van der Waals surface area contributed by atoms with Crippen molar-refractivity contribution in [2.24, 2.45) is 23.4 Å². The number of benzene rings is 1. The fourth-order valence-electron chi connectivity index (χ4n) is 5.05. The van der Waals surface area contributed by atoms with Gasteiger partial charge in [0.15, 0.2) is 0 Å². The maximum Gasteiger partial charge on any atom is 0.0843 e. The maximum atomic E-state index is 6.50. The normalized spacial score (nSPS) is 27.1. The minimum Gasteiger partial charge on any atom is -0.385 e. The first kappa shape index (κ1) is 19.0. The fourth-order valence-corrected chi connectivity index (χ4v) is 5.05. The van der Waals surface area contributed by atoms with Crippen molar-refractivity contribution < 1.29 is 4.74 Å². The van der Waals surface area contributed by atoms with E-state index in [1.165, 1.54) is 35.3 Å². The molecule has 0 aromatic heterocycles. The molecular formula is C21H35N5O. The first-order valence-corrected chi connectivity index (χ1v) is 10.4. The van der Waals surface area contributed by atoms with Gasteiger partial charge in [-0.1, -0.05) is 13.0 Å². The molecule has 6 nitrogen and oxygen atoms in total. The van der Waals surface area contributed by atoms with Crippen molar-refractivity contribution in [2.75, 3.05) is 43.3 Å². The van der Waals surface area contributed by atoms with Gasteiger partial charge in [0.05, 0.1) is 6.67 Å². The first-order valence-electron chi connectivity index (χ1n) is 10.4. The zero-order chi connectivity index (χ0) is 19.1. The Hall–Kier alpha value is -1.34. The van der Waals surface area contributed by atoms with E-state index in [0.717, 1.165) is 39.3 Å². The zero-order valence-electron chi connectivity index (χ0n) is 17.0. The Morgan fingerprint density at radius 1 is 1.26 bits per heavy atom. The standard InChI is InChI=1S/C21H35N5O/c1-14-10-24(12-18(14)19(22)8-9-27-3)20-7-4-16-11-25(23)13-26(17-5-6-17)21(16)15(20)2/h4,7,14,17-19H,5-6,8-13,22-23H2,1-3H3/t14-,18+,19+/m1/s1. The second kappa shape index (κ2) is 7.59.